The molecular formula is C11H12O4. The number of methoxy groups -OCH3 is 1. The SMILES string of the molecule is COc1cc(O)c2c(c1C)CCOC2=O. The number of cyclic esters (lactones) is 1. The lowest BCUT2D eigenvalue weighted by Gasteiger charge is -2.20. The average molecular weight is 208 g/mol. The number of ether oxygens (including phenoxy) is 2. The summed E-state index contributed by atoms with van der Waals surface area (Å²) >= 11 is 0. The minimum atomic E-state index is -0.459. The van der Waals surface area contributed by atoms with Crippen molar-refractivity contribution in [2.45, 2.75) is 13.3 Å². The van der Waals surface area contributed by atoms with Gasteiger partial charge in [0.2, 0.25) is 0 Å². The van der Waals surface area contributed by atoms with Crippen LogP contribution in [0, 0.1) is 6.92 Å². The van der Waals surface area contributed by atoms with Gasteiger partial charge in [-0.3, -0.25) is 0 Å². The molecule has 1 aliphatic heterocycles. The maximum atomic E-state index is 11.4. The van der Waals surface area contributed by atoms with E-state index in [0.29, 0.717) is 18.8 Å². The summed E-state index contributed by atoms with van der Waals surface area (Å²) in [4.78, 5) is 11.4. The van der Waals surface area contributed by atoms with Crippen molar-refractivity contribution in [1.29, 1.82) is 0 Å². The molecule has 80 valence electrons. The molecule has 1 aromatic rings. The number of fused-ring (bicyclic) bond motifs is 1. The first kappa shape index (κ1) is 9.83. The number of aromatic hydroxyl groups is 1. The first-order valence-electron chi connectivity index (χ1n) is 4.71. The van der Waals surface area contributed by atoms with E-state index in [4.69, 9.17) is 9.47 Å². The summed E-state index contributed by atoms with van der Waals surface area (Å²) in [5, 5.41) is 9.68. The predicted molar refractivity (Wildman–Crippen MR) is 53.4 cm³/mol. The second-order valence-electron chi connectivity index (χ2n) is 3.46. The van der Waals surface area contributed by atoms with Crippen LogP contribution in [0.2, 0.25) is 0 Å². The Labute approximate surface area is 87.4 Å². The van der Waals surface area contributed by atoms with Crippen molar-refractivity contribution in [2.75, 3.05) is 13.7 Å². The molecule has 0 saturated carbocycles. The summed E-state index contributed by atoms with van der Waals surface area (Å²) < 4.78 is 9.99. The normalized spacial score (nSPS) is 14.4. The maximum Gasteiger partial charge on any atom is 0.342 e. The molecule has 0 amide bonds. The van der Waals surface area contributed by atoms with Crippen LogP contribution in [0.5, 0.6) is 11.5 Å². The van der Waals surface area contributed by atoms with Crippen LogP contribution >= 0.6 is 0 Å². The van der Waals surface area contributed by atoms with Gasteiger partial charge in [-0.25, -0.2) is 4.79 Å². The number of carbonyl (C=O) groups is 1. The van der Waals surface area contributed by atoms with E-state index < -0.39 is 5.97 Å². The van der Waals surface area contributed by atoms with Crippen LogP contribution < -0.4 is 4.74 Å². The second-order valence-corrected chi connectivity index (χ2v) is 3.46. The van der Waals surface area contributed by atoms with E-state index in [1.54, 1.807) is 0 Å². The number of benzene rings is 1. The Balaban J connectivity index is 2.68. The molecule has 0 bridgehead atoms. The first-order chi connectivity index (χ1) is 7.15. The molecule has 15 heavy (non-hydrogen) atoms. The Kier molecular flexibility index (Phi) is 2.26. The topological polar surface area (TPSA) is 55.8 Å². The smallest absolute Gasteiger partial charge is 0.342 e. The van der Waals surface area contributed by atoms with E-state index in [-0.39, 0.29) is 11.3 Å². The minimum Gasteiger partial charge on any atom is -0.507 e. The average Bonchev–Trinajstić information content (AvgIpc) is 2.23. The Bertz CT molecular complexity index is 423. The lowest BCUT2D eigenvalue weighted by Crippen LogP contribution is -2.19. The van der Waals surface area contributed by atoms with Crippen LogP contribution in [0.3, 0.4) is 0 Å². The molecular weight excluding hydrogens is 196 g/mol. The first-order valence-corrected chi connectivity index (χ1v) is 4.71. The van der Waals surface area contributed by atoms with Gasteiger partial charge in [0.05, 0.1) is 13.7 Å². The molecule has 4 nitrogen and oxygen atoms in total. The molecule has 0 fully saturated rings. The van der Waals surface area contributed by atoms with Gasteiger partial charge in [-0.2, -0.15) is 0 Å². The van der Waals surface area contributed by atoms with Crippen molar-refractivity contribution in [3.8, 4) is 11.5 Å². The van der Waals surface area contributed by atoms with Gasteiger partial charge in [-0.15, -0.1) is 0 Å². The number of carbonyl (C=O) groups excluding carboxylic acids is 1. The number of hydrogen-bond acceptors (Lipinski definition) is 4. The molecule has 2 rings (SSSR count). The van der Waals surface area contributed by atoms with Crippen molar-refractivity contribution in [1.82, 2.24) is 0 Å². The number of phenols is 1. The van der Waals surface area contributed by atoms with Crippen molar-refractivity contribution in [3.05, 3.63) is 22.8 Å². The molecule has 1 N–H and O–H groups in total. The highest BCUT2D eigenvalue weighted by Gasteiger charge is 2.25. The summed E-state index contributed by atoms with van der Waals surface area (Å²) in [6.45, 7) is 2.23. The zero-order chi connectivity index (χ0) is 11.0. The predicted octanol–water partition coefficient (Wildman–Crippen LogP) is 1.42. The third-order valence-electron chi connectivity index (χ3n) is 2.66. The number of esters is 1. The molecule has 0 saturated heterocycles. The highest BCUT2D eigenvalue weighted by atomic mass is 16.5. The molecule has 0 aliphatic carbocycles. The van der Waals surface area contributed by atoms with Crippen molar-refractivity contribution in [3.63, 3.8) is 0 Å². The van der Waals surface area contributed by atoms with Crippen molar-refractivity contribution >= 4 is 5.97 Å². The molecule has 0 radical (unpaired) electrons. The van der Waals surface area contributed by atoms with E-state index in [0.717, 1.165) is 11.1 Å². The zero-order valence-corrected chi connectivity index (χ0v) is 8.66. The molecule has 0 unspecified atom stereocenters. The number of rotatable bonds is 1. The van der Waals surface area contributed by atoms with Crippen molar-refractivity contribution in [2.24, 2.45) is 0 Å². The number of hydrogen-bond donors (Lipinski definition) is 1. The standard InChI is InChI=1S/C11H12O4/c1-6-7-3-4-15-11(13)10(7)8(12)5-9(6)14-2/h5,12H,3-4H2,1-2H3. The molecule has 1 aliphatic rings. The van der Waals surface area contributed by atoms with Gasteiger partial charge in [0.15, 0.2) is 0 Å². The van der Waals surface area contributed by atoms with E-state index in [2.05, 4.69) is 0 Å². The summed E-state index contributed by atoms with van der Waals surface area (Å²) in [5.41, 5.74) is 1.99. The van der Waals surface area contributed by atoms with Crippen LogP contribution in [-0.2, 0) is 11.2 Å². The Morgan fingerprint density at radius 1 is 1.53 bits per heavy atom. The molecule has 0 atom stereocenters. The fraction of sp³-hybridized carbons (Fsp3) is 0.364. The highest BCUT2D eigenvalue weighted by Crippen LogP contribution is 2.34. The van der Waals surface area contributed by atoms with E-state index >= 15 is 0 Å². The number of phenolic OH excluding ortho intramolecular Hbond substituents is 1. The van der Waals surface area contributed by atoms with Gasteiger partial charge < -0.3 is 14.6 Å². The Hall–Kier alpha value is -1.71. The maximum absolute atomic E-state index is 11.4. The summed E-state index contributed by atoms with van der Waals surface area (Å²) in [6, 6.07) is 1.45. The van der Waals surface area contributed by atoms with Gasteiger partial charge in [-0.05, 0) is 18.1 Å². The lowest BCUT2D eigenvalue weighted by molar-refractivity contribution is 0.0475. The third-order valence-corrected chi connectivity index (χ3v) is 2.66. The molecule has 1 aromatic carbocycles. The van der Waals surface area contributed by atoms with E-state index in [1.807, 2.05) is 6.92 Å². The van der Waals surface area contributed by atoms with Crippen LogP contribution in [0.4, 0.5) is 0 Å². The Morgan fingerprint density at radius 3 is 2.93 bits per heavy atom. The monoisotopic (exact) mass is 208 g/mol. The highest BCUT2D eigenvalue weighted by molar-refractivity contribution is 5.95. The lowest BCUT2D eigenvalue weighted by atomic mass is 9.96. The summed E-state index contributed by atoms with van der Waals surface area (Å²) in [7, 11) is 1.54. The van der Waals surface area contributed by atoms with Gasteiger partial charge in [-0.1, -0.05) is 0 Å². The van der Waals surface area contributed by atoms with Crippen LogP contribution in [-0.4, -0.2) is 24.8 Å². The molecule has 4 heteroatoms. The van der Waals surface area contributed by atoms with E-state index in [9.17, 15) is 9.90 Å². The fourth-order valence-corrected chi connectivity index (χ4v) is 1.87. The molecule has 0 aromatic heterocycles. The minimum absolute atomic E-state index is 0.0721. The fourth-order valence-electron chi connectivity index (χ4n) is 1.87. The molecule has 1 heterocycles. The van der Waals surface area contributed by atoms with Gasteiger partial charge in [0.25, 0.3) is 0 Å². The quantitative estimate of drug-likeness (QED) is 0.709. The Morgan fingerprint density at radius 2 is 2.27 bits per heavy atom. The largest absolute Gasteiger partial charge is 0.507 e. The van der Waals surface area contributed by atoms with Gasteiger partial charge in [0, 0.05) is 12.5 Å². The molecule has 0 spiro atoms. The summed E-state index contributed by atoms with van der Waals surface area (Å²) in [6.07, 6.45) is 0.623. The van der Waals surface area contributed by atoms with Gasteiger partial charge >= 0.3 is 5.97 Å². The van der Waals surface area contributed by atoms with Crippen LogP contribution in [0.1, 0.15) is 21.5 Å². The van der Waals surface area contributed by atoms with Gasteiger partial charge in [0.1, 0.15) is 17.1 Å². The van der Waals surface area contributed by atoms with Crippen LogP contribution in [0.25, 0.3) is 0 Å². The summed E-state index contributed by atoms with van der Waals surface area (Å²) in [5.74, 6) is 0.0672. The second kappa shape index (κ2) is 3.46. The van der Waals surface area contributed by atoms with E-state index in [1.165, 1.54) is 13.2 Å². The van der Waals surface area contributed by atoms with Crippen LogP contribution in [0.15, 0.2) is 6.07 Å². The third kappa shape index (κ3) is 1.42. The zero-order valence-electron chi connectivity index (χ0n) is 8.66. The van der Waals surface area contributed by atoms with Crippen molar-refractivity contribution < 1.29 is 19.4 Å².